The maximum Gasteiger partial charge on any atom is 0.193 e. The van der Waals surface area contributed by atoms with Crippen LogP contribution in [0.5, 0.6) is 5.75 Å². The lowest BCUT2D eigenvalue weighted by molar-refractivity contribution is 0.103. The molecule has 0 aromatic heterocycles. The Morgan fingerprint density at radius 2 is 1.23 bits per heavy atom. The van der Waals surface area contributed by atoms with Crippen molar-refractivity contribution in [3.8, 4) is 5.75 Å². The number of ether oxygens (including phenoxy) is 1. The first-order valence-electron chi connectivity index (χ1n) is 11.5. The Bertz CT molecular complexity index is 720. The molecule has 164 valence electrons. The summed E-state index contributed by atoms with van der Waals surface area (Å²) >= 11 is 0. The lowest BCUT2D eigenvalue weighted by Crippen LogP contribution is -2.23. The number of unbranched alkanes of at least 4 members (excludes halogenated alkanes) is 8. The summed E-state index contributed by atoms with van der Waals surface area (Å²) in [5.74, 6) is 0.870. The zero-order chi connectivity index (χ0) is 21.7. The van der Waals surface area contributed by atoms with Gasteiger partial charge in [-0.2, -0.15) is 0 Å². The van der Waals surface area contributed by atoms with Gasteiger partial charge in [-0.3, -0.25) is 4.79 Å². The molecule has 1 N–H and O–H groups in total. The van der Waals surface area contributed by atoms with Gasteiger partial charge in [-0.1, -0.05) is 81.7 Å². The highest BCUT2D eigenvalue weighted by Crippen LogP contribution is 2.17. The van der Waals surface area contributed by atoms with Gasteiger partial charge >= 0.3 is 0 Å². The third-order valence-electron chi connectivity index (χ3n) is 5.35. The smallest absolute Gasteiger partial charge is 0.193 e. The summed E-state index contributed by atoms with van der Waals surface area (Å²) in [6.07, 6.45) is 11.2. The Kier molecular flexibility index (Phi) is 10.9. The molecule has 0 aliphatic heterocycles. The molecular formula is C26H38O3Si. The van der Waals surface area contributed by atoms with E-state index in [1.54, 1.807) is 0 Å². The second-order valence-corrected chi connectivity index (χ2v) is 12.9. The van der Waals surface area contributed by atoms with E-state index in [4.69, 9.17) is 4.74 Å². The van der Waals surface area contributed by atoms with Crippen molar-refractivity contribution in [2.45, 2.75) is 76.9 Å². The van der Waals surface area contributed by atoms with Gasteiger partial charge in [0, 0.05) is 11.1 Å². The van der Waals surface area contributed by atoms with Crippen molar-refractivity contribution in [2.75, 3.05) is 6.61 Å². The fraction of sp³-hybridized carbons (Fsp3) is 0.500. The van der Waals surface area contributed by atoms with Gasteiger partial charge in [0.1, 0.15) is 5.75 Å². The van der Waals surface area contributed by atoms with E-state index in [0.717, 1.165) is 24.8 Å². The maximum absolute atomic E-state index is 12.4. The molecule has 0 bridgehead atoms. The van der Waals surface area contributed by atoms with Crippen LogP contribution in [-0.4, -0.2) is 25.5 Å². The molecule has 0 amide bonds. The standard InChI is InChI=1S/C26H38O3Si/c1-30(2,28)22-14-9-7-5-3-4-6-8-13-21-29-25-19-17-24(18-20-25)26(27)23-15-11-10-12-16-23/h10-12,15-20,28H,3-9,13-14,21-22H2,1-2H3. The molecule has 0 aliphatic rings. The van der Waals surface area contributed by atoms with Gasteiger partial charge < -0.3 is 9.53 Å². The monoisotopic (exact) mass is 426 g/mol. The Morgan fingerprint density at radius 1 is 0.733 bits per heavy atom. The van der Waals surface area contributed by atoms with Crippen molar-refractivity contribution in [1.29, 1.82) is 0 Å². The van der Waals surface area contributed by atoms with Gasteiger partial charge in [0.15, 0.2) is 14.1 Å². The van der Waals surface area contributed by atoms with E-state index in [2.05, 4.69) is 0 Å². The molecule has 4 heteroatoms. The fourth-order valence-electron chi connectivity index (χ4n) is 3.55. The number of hydrogen-bond acceptors (Lipinski definition) is 3. The Hall–Kier alpha value is -1.91. The molecule has 0 atom stereocenters. The summed E-state index contributed by atoms with van der Waals surface area (Å²) in [5.41, 5.74) is 1.40. The van der Waals surface area contributed by atoms with Gasteiger partial charge in [-0.25, -0.2) is 0 Å². The molecule has 2 aromatic rings. The van der Waals surface area contributed by atoms with Crippen LogP contribution in [0.15, 0.2) is 54.6 Å². The van der Waals surface area contributed by atoms with Crippen LogP contribution in [0.4, 0.5) is 0 Å². The lowest BCUT2D eigenvalue weighted by atomic mass is 10.0. The van der Waals surface area contributed by atoms with E-state index < -0.39 is 8.32 Å². The molecule has 0 saturated carbocycles. The molecule has 2 rings (SSSR count). The van der Waals surface area contributed by atoms with Crippen LogP contribution in [0.1, 0.15) is 73.7 Å². The minimum atomic E-state index is -1.82. The number of ketones is 1. The van der Waals surface area contributed by atoms with Crippen molar-refractivity contribution < 1.29 is 14.3 Å². The first-order chi connectivity index (χ1) is 14.5. The zero-order valence-corrected chi connectivity index (χ0v) is 19.7. The Balaban J connectivity index is 1.49. The van der Waals surface area contributed by atoms with Gasteiger partial charge in [0.25, 0.3) is 0 Å². The molecule has 0 unspecified atom stereocenters. The van der Waals surface area contributed by atoms with E-state index in [1.807, 2.05) is 67.7 Å². The number of rotatable bonds is 15. The lowest BCUT2D eigenvalue weighted by Gasteiger charge is -2.12. The van der Waals surface area contributed by atoms with E-state index >= 15 is 0 Å². The van der Waals surface area contributed by atoms with E-state index in [0.29, 0.717) is 11.1 Å². The topological polar surface area (TPSA) is 46.5 Å². The number of carbonyl (C=O) groups is 1. The number of carbonyl (C=O) groups excluding carboxylic acids is 1. The summed E-state index contributed by atoms with van der Waals surface area (Å²) in [6, 6.07) is 17.8. The van der Waals surface area contributed by atoms with Crippen LogP contribution >= 0.6 is 0 Å². The molecule has 0 spiro atoms. The summed E-state index contributed by atoms with van der Waals surface area (Å²) in [4.78, 5) is 22.2. The minimum absolute atomic E-state index is 0.0428. The SMILES string of the molecule is C[Si](C)(O)CCCCCCCCCCCOc1ccc(C(=O)c2ccccc2)cc1. The van der Waals surface area contributed by atoms with E-state index in [1.165, 1.54) is 51.4 Å². The van der Waals surface area contributed by atoms with Crippen LogP contribution < -0.4 is 4.74 Å². The van der Waals surface area contributed by atoms with Gasteiger partial charge in [0.05, 0.1) is 6.61 Å². The number of hydrogen-bond donors (Lipinski definition) is 1. The summed E-state index contributed by atoms with van der Waals surface area (Å²) in [7, 11) is -1.82. The third-order valence-corrected chi connectivity index (χ3v) is 6.93. The summed E-state index contributed by atoms with van der Waals surface area (Å²) in [6.45, 7) is 4.78. The van der Waals surface area contributed by atoms with Gasteiger partial charge in [-0.15, -0.1) is 0 Å². The zero-order valence-electron chi connectivity index (χ0n) is 18.7. The molecule has 0 heterocycles. The van der Waals surface area contributed by atoms with Crippen molar-refractivity contribution >= 4 is 14.1 Å². The highest BCUT2D eigenvalue weighted by Gasteiger charge is 2.15. The largest absolute Gasteiger partial charge is 0.494 e. The first-order valence-corrected chi connectivity index (χ1v) is 14.7. The minimum Gasteiger partial charge on any atom is -0.494 e. The van der Waals surface area contributed by atoms with Crippen molar-refractivity contribution in [2.24, 2.45) is 0 Å². The van der Waals surface area contributed by atoms with E-state index in [-0.39, 0.29) is 5.78 Å². The van der Waals surface area contributed by atoms with Crippen LogP contribution in [0.2, 0.25) is 19.1 Å². The molecule has 2 aromatic carbocycles. The van der Waals surface area contributed by atoms with Crippen molar-refractivity contribution in [3.63, 3.8) is 0 Å². The van der Waals surface area contributed by atoms with E-state index in [9.17, 15) is 9.59 Å². The van der Waals surface area contributed by atoms with Crippen LogP contribution in [0, 0.1) is 0 Å². The van der Waals surface area contributed by atoms with Crippen LogP contribution in [0.25, 0.3) is 0 Å². The highest BCUT2D eigenvalue weighted by atomic mass is 28.4. The number of benzene rings is 2. The average Bonchev–Trinajstić information content (AvgIpc) is 2.74. The Morgan fingerprint density at radius 3 is 1.80 bits per heavy atom. The molecule has 3 nitrogen and oxygen atoms in total. The Labute approximate surface area is 183 Å². The van der Waals surface area contributed by atoms with Crippen LogP contribution in [-0.2, 0) is 0 Å². The normalized spacial score (nSPS) is 11.4. The second kappa shape index (κ2) is 13.4. The predicted molar refractivity (Wildman–Crippen MR) is 128 cm³/mol. The average molecular weight is 427 g/mol. The van der Waals surface area contributed by atoms with Crippen LogP contribution in [0.3, 0.4) is 0 Å². The predicted octanol–water partition coefficient (Wildman–Crippen LogP) is 7.00. The van der Waals surface area contributed by atoms with Crippen molar-refractivity contribution in [3.05, 3.63) is 65.7 Å². The molecular weight excluding hydrogens is 388 g/mol. The highest BCUT2D eigenvalue weighted by molar-refractivity contribution is 6.69. The van der Waals surface area contributed by atoms with Gasteiger partial charge in [-0.05, 0) is 49.8 Å². The molecule has 0 saturated heterocycles. The molecule has 0 fully saturated rings. The molecule has 0 aliphatic carbocycles. The van der Waals surface area contributed by atoms with Crippen molar-refractivity contribution in [1.82, 2.24) is 0 Å². The molecule has 0 radical (unpaired) electrons. The van der Waals surface area contributed by atoms with Gasteiger partial charge in [0.2, 0.25) is 0 Å². The fourth-order valence-corrected chi connectivity index (χ4v) is 4.66. The summed E-state index contributed by atoms with van der Waals surface area (Å²) in [5, 5.41) is 0. The molecule has 30 heavy (non-hydrogen) atoms. The quantitative estimate of drug-likeness (QED) is 0.189. The first kappa shape index (κ1) is 24.4. The third kappa shape index (κ3) is 10.2. The maximum atomic E-state index is 12.4. The summed E-state index contributed by atoms with van der Waals surface area (Å²) < 4.78 is 5.82. The second-order valence-electron chi connectivity index (χ2n) is 8.81.